The van der Waals surface area contributed by atoms with Crippen molar-refractivity contribution in [2.45, 2.75) is 6.54 Å². The number of aliphatic imine (C=N–C) groups is 1. The minimum absolute atomic E-state index is 0.0138. The summed E-state index contributed by atoms with van der Waals surface area (Å²) >= 11 is 7.64. The molecule has 0 aliphatic carbocycles. The van der Waals surface area contributed by atoms with Crippen molar-refractivity contribution in [2.75, 3.05) is 6.61 Å². The predicted octanol–water partition coefficient (Wildman–Crippen LogP) is 6.04. The molecule has 0 fully saturated rings. The zero-order chi connectivity index (χ0) is 25.4. The number of nitrogens with one attached hydrogen (secondary N) is 1. The van der Waals surface area contributed by atoms with Crippen LogP contribution in [0.4, 0.5) is 0 Å². The summed E-state index contributed by atoms with van der Waals surface area (Å²) in [5.74, 6) is 0.241. The molecule has 2 aliphatic heterocycles. The molecule has 0 saturated carbocycles. The summed E-state index contributed by atoms with van der Waals surface area (Å²) in [5, 5.41) is 17.3. The highest BCUT2D eigenvalue weighted by Crippen LogP contribution is 2.31. The Labute approximate surface area is 222 Å². The molecule has 6 rings (SSSR count). The molecule has 0 spiro atoms. The van der Waals surface area contributed by atoms with Gasteiger partial charge in [0.2, 0.25) is 5.17 Å². The summed E-state index contributed by atoms with van der Waals surface area (Å²) in [6.45, 7) is 0.801. The lowest BCUT2D eigenvalue weighted by atomic mass is 10.1. The van der Waals surface area contributed by atoms with Gasteiger partial charge in [0.15, 0.2) is 5.84 Å². The number of ether oxygens (including phenoxy) is 1. The van der Waals surface area contributed by atoms with Crippen molar-refractivity contribution in [1.82, 2.24) is 9.58 Å². The molecule has 0 radical (unpaired) electrons. The third kappa shape index (κ3) is 4.57. The molecule has 1 amide bonds. The van der Waals surface area contributed by atoms with Crippen molar-refractivity contribution in [2.24, 2.45) is 10.1 Å². The molecular weight excluding hydrogens is 506 g/mol. The number of rotatable bonds is 6. The number of hydrogen-bond acceptors (Lipinski definition) is 5. The molecule has 9 heteroatoms. The Morgan fingerprint density at radius 1 is 1.00 bits per heavy atom. The van der Waals surface area contributed by atoms with Gasteiger partial charge < -0.3 is 9.30 Å². The van der Waals surface area contributed by atoms with Crippen LogP contribution in [0.3, 0.4) is 0 Å². The smallest absolute Gasteiger partial charge is 0.283 e. The number of carbonyl (C=O) groups excluding carboxylic acids is 1. The highest BCUT2D eigenvalue weighted by molar-refractivity contribution is 8.27. The zero-order valence-corrected chi connectivity index (χ0v) is 21.0. The number of thioether (sulfide) groups is 1. The Hall–Kier alpha value is -4.14. The number of benzene rings is 3. The first-order chi connectivity index (χ1) is 18.1. The van der Waals surface area contributed by atoms with Crippen molar-refractivity contribution in [1.29, 1.82) is 5.41 Å². The van der Waals surface area contributed by atoms with Crippen LogP contribution in [0.1, 0.15) is 11.1 Å². The Kier molecular flexibility index (Phi) is 6.12. The van der Waals surface area contributed by atoms with E-state index in [1.54, 1.807) is 6.08 Å². The average Bonchev–Trinajstić information content (AvgIpc) is 3.48. The van der Waals surface area contributed by atoms with Gasteiger partial charge in [0.25, 0.3) is 5.91 Å². The first-order valence-corrected chi connectivity index (χ1v) is 12.7. The van der Waals surface area contributed by atoms with E-state index in [2.05, 4.69) is 14.7 Å². The fourth-order valence-corrected chi connectivity index (χ4v) is 5.23. The summed E-state index contributed by atoms with van der Waals surface area (Å²) in [6.07, 6.45) is 3.69. The topological polar surface area (TPSA) is 83.0 Å². The standard InChI is InChI=1S/C28H20ClN5O2S/c29-23-12-6-4-8-18(23)15-33-16-19(21-11-5-7-13-24(21)33)14-22-26(30)34-28(31-27(22)35)37-25(32-34)17-36-20-9-2-1-3-10-20/h1-14,16,30H,15,17H2/b22-14-,30-26?. The van der Waals surface area contributed by atoms with Crippen molar-refractivity contribution in [3.05, 3.63) is 107 Å². The third-order valence-corrected chi connectivity index (χ3v) is 7.27. The van der Waals surface area contributed by atoms with Gasteiger partial charge in [0, 0.05) is 34.2 Å². The molecule has 3 aromatic carbocycles. The maximum Gasteiger partial charge on any atom is 0.283 e. The SMILES string of the molecule is N=C1/C(=C/c2cn(Cc3ccccc3Cl)c3ccccc23)C(=O)N=C2SC(COc3ccccc3)=NN12. The third-order valence-electron chi connectivity index (χ3n) is 6.02. The number of nitrogens with zero attached hydrogens (tertiary/aromatic N) is 4. The molecule has 0 unspecified atom stereocenters. The first-order valence-electron chi connectivity index (χ1n) is 11.5. The van der Waals surface area contributed by atoms with Crippen molar-refractivity contribution < 1.29 is 9.53 Å². The van der Waals surface area contributed by atoms with E-state index in [9.17, 15) is 4.79 Å². The Morgan fingerprint density at radius 3 is 2.59 bits per heavy atom. The van der Waals surface area contributed by atoms with Crippen molar-refractivity contribution >= 4 is 62.3 Å². The van der Waals surface area contributed by atoms with Gasteiger partial charge in [-0.15, -0.1) is 0 Å². The molecule has 2 aliphatic rings. The number of amidine groups is 2. The summed E-state index contributed by atoms with van der Waals surface area (Å²) in [6, 6.07) is 25.1. The fraction of sp³-hybridized carbons (Fsp3) is 0.0714. The summed E-state index contributed by atoms with van der Waals surface area (Å²) in [5.41, 5.74) is 2.99. The monoisotopic (exact) mass is 525 g/mol. The Bertz CT molecular complexity index is 1640. The van der Waals surface area contributed by atoms with E-state index < -0.39 is 5.91 Å². The molecule has 3 heterocycles. The fourth-order valence-electron chi connectivity index (χ4n) is 4.24. The molecule has 1 aromatic heterocycles. The Morgan fingerprint density at radius 2 is 1.76 bits per heavy atom. The average molecular weight is 526 g/mol. The van der Waals surface area contributed by atoms with Crippen LogP contribution in [0.2, 0.25) is 5.02 Å². The van der Waals surface area contributed by atoms with Gasteiger partial charge in [0.05, 0.1) is 5.57 Å². The van der Waals surface area contributed by atoms with Gasteiger partial charge in [-0.3, -0.25) is 10.2 Å². The molecular formula is C28H20ClN5O2S. The predicted molar refractivity (Wildman–Crippen MR) is 149 cm³/mol. The minimum Gasteiger partial charge on any atom is -0.487 e. The molecule has 4 aromatic rings. The van der Waals surface area contributed by atoms with Gasteiger partial charge in [-0.05, 0) is 47.7 Å². The van der Waals surface area contributed by atoms with Crippen LogP contribution in [0, 0.1) is 5.41 Å². The maximum atomic E-state index is 13.0. The second-order valence-electron chi connectivity index (χ2n) is 8.44. The van der Waals surface area contributed by atoms with Gasteiger partial charge in [-0.2, -0.15) is 15.1 Å². The molecule has 7 nitrogen and oxygen atoms in total. The number of aromatic nitrogens is 1. The van der Waals surface area contributed by atoms with Gasteiger partial charge in [0.1, 0.15) is 17.4 Å². The number of hydrazone groups is 1. The molecule has 0 saturated heterocycles. The van der Waals surface area contributed by atoms with Crippen LogP contribution in [-0.4, -0.2) is 38.1 Å². The Balaban J connectivity index is 1.30. The van der Waals surface area contributed by atoms with E-state index in [1.807, 2.05) is 85.1 Å². The van der Waals surface area contributed by atoms with Gasteiger partial charge in [-0.25, -0.2) is 0 Å². The number of halogens is 1. The number of fused-ring (bicyclic) bond motifs is 2. The van der Waals surface area contributed by atoms with Gasteiger partial charge in [-0.1, -0.05) is 66.2 Å². The van der Waals surface area contributed by atoms with E-state index in [0.717, 1.165) is 27.8 Å². The molecule has 182 valence electrons. The maximum absolute atomic E-state index is 13.0. The highest BCUT2D eigenvalue weighted by Gasteiger charge is 2.36. The second kappa shape index (κ2) is 9.72. The minimum atomic E-state index is -0.466. The number of carbonyl (C=O) groups is 1. The zero-order valence-electron chi connectivity index (χ0n) is 19.5. The molecule has 0 atom stereocenters. The lowest BCUT2D eigenvalue weighted by Gasteiger charge is -2.20. The van der Waals surface area contributed by atoms with E-state index >= 15 is 0 Å². The van der Waals surface area contributed by atoms with Gasteiger partial charge >= 0.3 is 0 Å². The second-order valence-corrected chi connectivity index (χ2v) is 9.88. The summed E-state index contributed by atoms with van der Waals surface area (Å²) in [4.78, 5) is 17.2. The number of para-hydroxylation sites is 2. The van der Waals surface area contributed by atoms with Crippen molar-refractivity contribution in [3.63, 3.8) is 0 Å². The van der Waals surface area contributed by atoms with Crippen LogP contribution in [0.5, 0.6) is 5.75 Å². The molecule has 37 heavy (non-hydrogen) atoms. The number of amides is 1. The lowest BCUT2D eigenvalue weighted by Crippen LogP contribution is -2.35. The van der Waals surface area contributed by atoms with Crippen LogP contribution in [-0.2, 0) is 11.3 Å². The summed E-state index contributed by atoms with van der Waals surface area (Å²) in [7, 11) is 0. The quantitative estimate of drug-likeness (QED) is 0.311. The van der Waals surface area contributed by atoms with E-state index in [4.69, 9.17) is 21.7 Å². The van der Waals surface area contributed by atoms with Crippen LogP contribution in [0.15, 0.2) is 101 Å². The first kappa shape index (κ1) is 23.3. The summed E-state index contributed by atoms with van der Waals surface area (Å²) < 4.78 is 7.87. The van der Waals surface area contributed by atoms with E-state index in [-0.39, 0.29) is 18.0 Å². The molecule has 0 bridgehead atoms. The largest absolute Gasteiger partial charge is 0.487 e. The van der Waals surface area contributed by atoms with Crippen LogP contribution >= 0.6 is 23.4 Å². The van der Waals surface area contributed by atoms with E-state index in [0.29, 0.717) is 21.8 Å². The van der Waals surface area contributed by atoms with Crippen molar-refractivity contribution in [3.8, 4) is 5.75 Å². The van der Waals surface area contributed by atoms with Crippen LogP contribution < -0.4 is 4.74 Å². The van der Waals surface area contributed by atoms with E-state index in [1.165, 1.54) is 16.8 Å². The number of hydrogen-bond donors (Lipinski definition) is 1. The normalized spacial score (nSPS) is 16.2. The molecule has 1 N–H and O–H groups in total. The highest BCUT2D eigenvalue weighted by atomic mass is 35.5. The lowest BCUT2D eigenvalue weighted by molar-refractivity contribution is -0.114. The van der Waals surface area contributed by atoms with Crippen LogP contribution in [0.25, 0.3) is 17.0 Å².